The van der Waals surface area contributed by atoms with Crippen LogP contribution in [-0.2, 0) is 6.54 Å². The number of hydrogen-bond donors (Lipinski definition) is 3. The molecule has 0 fully saturated rings. The molecule has 0 saturated carbocycles. The quantitative estimate of drug-likeness (QED) is 0.637. The molecule has 3 N–H and O–H groups in total. The Hall–Kier alpha value is -2.46. The maximum absolute atomic E-state index is 9.41. The van der Waals surface area contributed by atoms with E-state index >= 15 is 0 Å². The first-order valence-corrected chi connectivity index (χ1v) is 6.92. The summed E-state index contributed by atoms with van der Waals surface area (Å²) < 4.78 is 0. The predicted octanol–water partition coefficient (Wildman–Crippen LogP) is 4.05. The molecule has 0 aliphatic rings. The number of nitrogens with one attached hydrogen (secondary N) is 2. The predicted molar refractivity (Wildman–Crippen MR) is 84.5 cm³/mol. The highest BCUT2D eigenvalue weighted by Gasteiger charge is 2.07. The zero-order valence-corrected chi connectivity index (χ0v) is 11.9. The summed E-state index contributed by atoms with van der Waals surface area (Å²) in [5.41, 5.74) is 3.99. The second-order valence-electron chi connectivity index (χ2n) is 4.66. The summed E-state index contributed by atoms with van der Waals surface area (Å²) in [5, 5.41) is 20.1. The molecule has 21 heavy (non-hydrogen) atoms. The normalized spacial score (nSPS) is 10.5. The second-order valence-corrected chi connectivity index (χ2v) is 5.06. The number of halogens is 1. The van der Waals surface area contributed by atoms with Gasteiger partial charge in [0.2, 0.25) is 0 Å². The summed E-state index contributed by atoms with van der Waals surface area (Å²) in [4.78, 5) is 0. The second kappa shape index (κ2) is 5.89. The zero-order valence-electron chi connectivity index (χ0n) is 11.2. The van der Waals surface area contributed by atoms with E-state index in [0.717, 1.165) is 22.5 Å². The fraction of sp³-hybridized carbons (Fsp3) is 0.0625. The molecule has 0 radical (unpaired) electrons. The van der Waals surface area contributed by atoms with Gasteiger partial charge in [-0.05, 0) is 23.8 Å². The van der Waals surface area contributed by atoms with Gasteiger partial charge >= 0.3 is 0 Å². The van der Waals surface area contributed by atoms with E-state index in [1.807, 2.05) is 30.3 Å². The van der Waals surface area contributed by atoms with E-state index in [0.29, 0.717) is 11.6 Å². The molecular formula is C16H14ClN3O. The molecule has 0 atom stereocenters. The molecule has 2 aromatic carbocycles. The molecule has 3 aromatic rings. The van der Waals surface area contributed by atoms with Crippen molar-refractivity contribution in [3.8, 4) is 17.0 Å². The largest absolute Gasteiger partial charge is 0.506 e. The van der Waals surface area contributed by atoms with Crippen LogP contribution in [0.3, 0.4) is 0 Å². The molecule has 106 valence electrons. The van der Waals surface area contributed by atoms with Crippen molar-refractivity contribution in [3.05, 3.63) is 65.3 Å². The van der Waals surface area contributed by atoms with Gasteiger partial charge in [-0.1, -0.05) is 41.9 Å². The van der Waals surface area contributed by atoms with E-state index in [9.17, 15) is 5.11 Å². The standard InChI is InChI=1S/C16H14ClN3O/c17-14-8-13(6-7-15(14)21)18-9-12-10-19-20-16(12)11-4-2-1-3-5-11/h1-8,10,18,21H,9H2,(H,19,20). The number of H-pyrrole nitrogens is 1. The molecule has 1 heterocycles. The SMILES string of the molecule is Oc1ccc(NCc2cn[nH]c2-c2ccccc2)cc1Cl. The summed E-state index contributed by atoms with van der Waals surface area (Å²) in [5.74, 6) is 0.0792. The van der Waals surface area contributed by atoms with Gasteiger partial charge < -0.3 is 10.4 Å². The minimum Gasteiger partial charge on any atom is -0.506 e. The fourth-order valence-electron chi connectivity index (χ4n) is 2.11. The van der Waals surface area contributed by atoms with Gasteiger partial charge in [-0.25, -0.2) is 0 Å². The Balaban J connectivity index is 1.77. The highest BCUT2D eigenvalue weighted by atomic mass is 35.5. The average molecular weight is 300 g/mol. The smallest absolute Gasteiger partial charge is 0.134 e. The molecule has 3 rings (SSSR count). The van der Waals surface area contributed by atoms with Crippen LogP contribution in [0.15, 0.2) is 54.7 Å². The Bertz CT molecular complexity index is 740. The number of rotatable bonds is 4. The third-order valence-electron chi connectivity index (χ3n) is 3.21. The number of phenolic OH excluding ortho intramolecular Hbond substituents is 1. The van der Waals surface area contributed by atoms with Crippen molar-refractivity contribution in [2.45, 2.75) is 6.54 Å². The van der Waals surface area contributed by atoms with Crippen molar-refractivity contribution >= 4 is 17.3 Å². The molecule has 0 spiro atoms. The third-order valence-corrected chi connectivity index (χ3v) is 3.51. The number of anilines is 1. The van der Waals surface area contributed by atoms with Crippen molar-refractivity contribution < 1.29 is 5.11 Å². The summed E-state index contributed by atoms with van der Waals surface area (Å²) >= 11 is 5.89. The van der Waals surface area contributed by atoms with Crippen LogP contribution in [0, 0.1) is 0 Å². The third kappa shape index (κ3) is 3.01. The monoisotopic (exact) mass is 299 g/mol. The molecule has 5 heteroatoms. The number of aromatic amines is 1. The van der Waals surface area contributed by atoms with Crippen LogP contribution in [-0.4, -0.2) is 15.3 Å². The van der Waals surface area contributed by atoms with Gasteiger partial charge in [-0.15, -0.1) is 0 Å². The van der Waals surface area contributed by atoms with E-state index in [-0.39, 0.29) is 5.75 Å². The van der Waals surface area contributed by atoms with Gasteiger partial charge in [-0.2, -0.15) is 5.10 Å². The van der Waals surface area contributed by atoms with Crippen LogP contribution in [0.1, 0.15) is 5.56 Å². The van der Waals surface area contributed by atoms with Crippen molar-refractivity contribution in [1.29, 1.82) is 0 Å². The van der Waals surface area contributed by atoms with E-state index in [2.05, 4.69) is 15.5 Å². The Labute approximate surface area is 127 Å². The van der Waals surface area contributed by atoms with Crippen molar-refractivity contribution in [3.63, 3.8) is 0 Å². The lowest BCUT2D eigenvalue weighted by atomic mass is 10.1. The first-order valence-electron chi connectivity index (χ1n) is 6.54. The molecule has 0 aliphatic carbocycles. The molecule has 0 unspecified atom stereocenters. The highest BCUT2D eigenvalue weighted by molar-refractivity contribution is 6.32. The summed E-state index contributed by atoms with van der Waals surface area (Å²) in [6.45, 7) is 0.613. The Morgan fingerprint density at radius 1 is 1.14 bits per heavy atom. The first-order chi connectivity index (χ1) is 10.2. The van der Waals surface area contributed by atoms with Crippen LogP contribution < -0.4 is 5.32 Å². The molecule has 0 amide bonds. The van der Waals surface area contributed by atoms with Gasteiger partial charge in [0, 0.05) is 17.8 Å². The van der Waals surface area contributed by atoms with Gasteiger partial charge in [0.25, 0.3) is 0 Å². The molecule has 1 aromatic heterocycles. The molecule has 0 bridgehead atoms. The van der Waals surface area contributed by atoms with Crippen molar-refractivity contribution in [2.75, 3.05) is 5.32 Å². The Kier molecular flexibility index (Phi) is 3.79. The minimum absolute atomic E-state index is 0.0792. The van der Waals surface area contributed by atoms with Crippen LogP contribution in [0.25, 0.3) is 11.3 Å². The highest BCUT2D eigenvalue weighted by Crippen LogP contribution is 2.27. The zero-order chi connectivity index (χ0) is 14.7. The fourth-order valence-corrected chi connectivity index (χ4v) is 2.29. The van der Waals surface area contributed by atoms with Gasteiger partial charge in [0.05, 0.1) is 16.9 Å². The topological polar surface area (TPSA) is 60.9 Å². The Morgan fingerprint density at radius 2 is 1.95 bits per heavy atom. The van der Waals surface area contributed by atoms with Gasteiger partial charge in [-0.3, -0.25) is 5.10 Å². The van der Waals surface area contributed by atoms with Crippen LogP contribution in [0.5, 0.6) is 5.75 Å². The van der Waals surface area contributed by atoms with Gasteiger partial charge in [0.1, 0.15) is 5.75 Å². The number of aromatic nitrogens is 2. The summed E-state index contributed by atoms with van der Waals surface area (Å²) in [7, 11) is 0. The first kappa shape index (κ1) is 13.5. The lowest BCUT2D eigenvalue weighted by molar-refractivity contribution is 0.475. The lowest BCUT2D eigenvalue weighted by Gasteiger charge is -2.08. The number of benzene rings is 2. The van der Waals surface area contributed by atoms with Gasteiger partial charge in [0.15, 0.2) is 0 Å². The molecule has 0 saturated heterocycles. The van der Waals surface area contributed by atoms with E-state index < -0.39 is 0 Å². The molecule has 4 nitrogen and oxygen atoms in total. The average Bonchev–Trinajstić information content (AvgIpc) is 2.98. The van der Waals surface area contributed by atoms with Crippen LogP contribution in [0.2, 0.25) is 5.02 Å². The summed E-state index contributed by atoms with van der Waals surface area (Å²) in [6.07, 6.45) is 1.80. The number of phenols is 1. The van der Waals surface area contributed by atoms with Crippen molar-refractivity contribution in [1.82, 2.24) is 10.2 Å². The van der Waals surface area contributed by atoms with E-state index in [1.54, 1.807) is 24.4 Å². The summed E-state index contributed by atoms with van der Waals surface area (Å²) in [6, 6.07) is 15.1. The molecule has 0 aliphatic heterocycles. The maximum atomic E-state index is 9.41. The number of nitrogens with zero attached hydrogens (tertiary/aromatic N) is 1. The van der Waals surface area contributed by atoms with Crippen molar-refractivity contribution in [2.24, 2.45) is 0 Å². The molecular weight excluding hydrogens is 286 g/mol. The maximum Gasteiger partial charge on any atom is 0.134 e. The van der Waals surface area contributed by atoms with E-state index in [4.69, 9.17) is 11.6 Å². The number of aromatic hydroxyl groups is 1. The van der Waals surface area contributed by atoms with Crippen LogP contribution >= 0.6 is 11.6 Å². The lowest BCUT2D eigenvalue weighted by Crippen LogP contribution is -1.99. The minimum atomic E-state index is 0.0792. The number of hydrogen-bond acceptors (Lipinski definition) is 3. The van der Waals surface area contributed by atoms with E-state index in [1.165, 1.54) is 0 Å². The Morgan fingerprint density at radius 3 is 2.71 bits per heavy atom. The van der Waals surface area contributed by atoms with Crippen LogP contribution in [0.4, 0.5) is 5.69 Å².